The summed E-state index contributed by atoms with van der Waals surface area (Å²) in [7, 11) is 0. The van der Waals surface area contributed by atoms with Crippen molar-refractivity contribution >= 4 is 11.6 Å². The standard InChI is InChI=1S/C16H14N4O/c1-11-7-8-17-10-14(11)19-16(21)13-9-18-20-15(13)12-5-3-2-4-6-12/h2-10H,1H3,(H,18,20)(H,19,21). The van der Waals surface area contributed by atoms with Crippen LogP contribution in [0.15, 0.2) is 55.0 Å². The number of aromatic amines is 1. The Hall–Kier alpha value is -2.95. The van der Waals surface area contributed by atoms with Crippen molar-refractivity contribution in [3.05, 3.63) is 66.1 Å². The third-order valence-corrected chi connectivity index (χ3v) is 3.23. The van der Waals surface area contributed by atoms with E-state index in [0.29, 0.717) is 16.9 Å². The molecule has 0 unspecified atom stereocenters. The summed E-state index contributed by atoms with van der Waals surface area (Å²) in [6.07, 6.45) is 4.86. The van der Waals surface area contributed by atoms with Crippen LogP contribution in [0.4, 0.5) is 5.69 Å². The number of amides is 1. The van der Waals surface area contributed by atoms with E-state index < -0.39 is 0 Å². The predicted octanol–water partition coefficient (Wildman–Crippen LogP) is 3.03. The third kappa shape index (κ3) is 2.67. The van der Waals surface area contributed by atoms with Gasteiger partial charge in [0, 0.05) is 11.8 Å². The van der Waals surface area contributed by atoms with Gasteiger partial charge in [0.2, 0.25) is 0 Å². The van der Waals surface area contributed by atoms with Crippen molar-refractivity contribution in [2.45, 2.75) is 6.92 Å². The van der Waals surface area contributed by atoms with Crippen molar-refractivity contribution in [1.29, 1.82) is 0 Å². The van der Waals surface area contributed by atoms with Gasteiger partial charge in [0.05, 0.1) is 29.3 Å². The SMILES string of the molecule is Cc1ccncc1NC(=O)c1cn[nH]c1-c1ccccc1. The van der Waals surface area contributed by atoms with Gasteiger partial charge < -0.3 is 5.32 Å². The van der Waals surface area contributed by atoms with Crippen LogP contribution >= 0.6 is 0 Å². The summed E-state index contributed by atoms with van der Waals surface area (Å²) in [6, 6.07) is 11.5. The van der Waals surface area contributed by atoms with Crippen LogP contribution in [-0.2, 0) is 0 Å². The van der Waals surface area contributed by atoms with Crippen molar-refractivity contribution < 1.29 is 4.79 Å². The summed E-state index contributed by atoms with van der Waals surface area (Å²) in [5.74, 6) is -0.210. The minimum Gasteiger partial charge on any atom is -0.320 e. The summed E-state index contributed by atoms with van der Waals surface area (Å²) < 4.78 is 0. The molecule has 0 bridgehead atoms. The fourth-order valence-corrected chi connectivity index (χ4v) is 2.07. The summed E-state index contributed by atoms with van der Waals surface area (Å²) in [6.45, 7) is 1.92. The molecule has 2 N–H and O–H groups in total. The van der Waals surface area contributed by atoms with E-state index in [0.717, 1.165) is 11.1 Å². The Morgan fingerprint density at radius 2 is 1.95 bits per heavy atom. The Balaban J connectivity index is 1.90. The number of rotatable bonds is 3. The van der Waals surface area contributed by atoms with E-state index in [1.807, 2.05) is 43.3 Å². The molecule has 0 aliphatic heterocycles. The minimum absolute atomic E-state index is 0.210. The molecule has 1 amide bonds. The number of aryl methyl sites for hydroxylation is 1. The van der Waals surface area contributed by atoms with Crippen molar-refractivity contribution in [3.63, 3.8) is 0 Å². The van der Waals surface area contributed by atoms with Crippen LogP contribution in [0.3, 0.4) is 0 Å². The first-order valence-corrected chi connectivity index (χ1v) is 6.56. The lowest BCUT2D eigenvalue weighted by molar-refractivity contribution is 0.102. The molecule has 0 aliphatic carbocycles. The van der Waals surface area contributed by atoms with Crippen molar-refractivity contribution in [2.24, 2.45) is 0 Å². The van der Waals surface area contributed by atoms with Gasteiger partial charge in [-0.2, -0.15) is 5.10 Å². The number of carbonyl (C=O) groups excluding carboxylic acids is 1. The number of carbonyl (C=O) groups is 1. The second-order valence-electron chi connectivity index (χ2n) is 4.67. The molecule has 0 aliphatic rings. The molecule has 0 spiro atoms. The van der Waals surface area contributed by atoms with Crippen molar-refractivity contribution in [2.75, 3.05) is 5.32 Å². The molecule has 21 heavy (non-hydrogen) atoms. The van der Waals surface area contributed by atoms with Crippen LogP contribution in [-0.4, -0.2) is 21.1 Å². The lowest BCUT2D eigenvalue weighted by atomic mass is 10.1. The van der Waals surface area contributed by atoms with Gasteiger partial charge >= 0.3 is 0 Å². The zero-order valence-electron chi connectivity index (χ0n) is 11.5. The number of hydrogen-bond acceptors (Lipinski definition) is 3. The number of aromatic nitrogens is 3. The topological polar surface area (TPSA) is 70.7 Å². The van der Waals surface area contributed by atoms with Crippen LogP contribution in [0.2, 0.25) is 0 Å². The molecule has 0 radical (unpaired) electrons. The molecule has 2 heterocycles. The second kappa shape index (κ2) is 5.58. The van der Waals surface area contributed by atoms with E-state index in [1.54, 1.807) is 12.4 Å². The lowest BCUT2D eigenvalue weighted by Crippen LogP contribution is -2.13. The Morgan fingerprint density at radius 1 is 1.14 bits per heavy atom. The minimum atomic E-state index is -0.210. The Labute approximate surface area is 122 Å². The zero-order valence-corrected chi connectivity index (χ0v) is 11.5. The monoisotopic (exact) mass is 278 g/mol. The average molecular weight is 278 g/mol. The zero-order chi connectivity index (χ0) is 14.7. The first kappa shape index (κ1) is 13.1. The van der Waals surface area contributed by atoms with Gasteiger partial charge in [-0.15, -0.1) is 0 Å². The Morgan fingerprint density at radius 3 is 2.71 bits per heavy atom. The van der Waals surface area contributed by atoms with Gasteiger partial charge in [0.25, 0.3) is 5.91 Å². The number of nitrogens with zero attached hydrogens (tertiary/aromatic N) is 2. The van der Waals surface area contributed by atoms with Crippen LogP contribution in [0, 0.1) is 6.92 Å². The fourth-order valence-electron chi connectivity index (χ4n) is 2.07. The van der Waals surface area contributed by atoms with Gasteiger partial charge in [0.15, 0.2) is 0 Å². The highest BCUT2D eigenvalue weighted by Crippen LogP contribution is 2.22. The van der Waals surface area contributed by atoms with E-state index in [1.165, 1.54) is 6.20 Å². The Bertz CT molecular complexity index is 765. The summed E-state index contributed by atoms with van der Waals surface area (Å²) in [5.41, 5.74) is 3.79. The maximum atomic E-state index is 12.4. The predicted molar refractivity (Wildman–Crippen MR) is 81.0 cm³/mol. The molecule has 5 nitrogen and oxygen atoms in total. The molecule has 0 saturated heterocycles. The maximum Gasteiger partial charge on any atom is 0.259 e. The molecule has 104 valence electrons. The molecule has 0 saturated carbocycles. The van der Waals surface area contributed by atoms with Crippen LogP contribution in [0.5, 0.6) is 0 Å². The molecule has 1 aromatic carbocycles. The second-order valence-corrected chi connectivity index (χ2v) is 4.67. The molecule has 3 aromatic rings. The van der Waals surface area contributed by atoms with E-state index in [4.69, 9.17) is 0 Å². The lowest BCUT2D eigenvalue weighted by Gasteiger charge is -2.07. The van der Waals surface area contributed by atoms with Crippen LogP contribution in [0.1, 0.15) is 15.9 Å². The van der Waals surface area contributed by atoms with Gasteiger partial charge in [-0.25, -0.2) is 0 Å². The smallest absolute Gasteiger partial charge is 0.259 e. The quantitative estimate of drug-likeness (QED) is 0.773. The largest absolute Gasteiger partial charge is 0.320 e. The van der Waals surface area contributed by atoms with Crippen LogP contribution < -0.4 is 5.32 Å². The summed E-state index contributed by atoms with van der Waals surface area (Å²) >= 11 is 0. The summed E-state index contributed by atoms with van der Waals surface area (Å²) in [5, 5.41) is 9.72. The Kier molecular flexibility index (Phi) is 3.47. The number of hydrogen-bond donors (Lipinski definition) is 2. The third-order valence-electron chi connectivity index (χ3n) is 3.23. The number of H-pyrrole nitrogens is 1. The normalized spacial score (nSPS) is 10.3. The number of anilines is 1. The molecule has 0 fully saturated rings. The number of nitrogens with one attached hydrogen (secondary N) is 2. The van der Waals surface area contributed by atoms with E-state index in [9.17, 15) is 4.79 Å². The fraction of sp³-hybridized carbons (Fsp3) is 0.0625. The van der Waals surface area contributed by atoms with Crippen molar-refractivity contribution in [1.82, 2.24) is 15.2 Å². The molecule has 2 aromatic heterocycles. The maximum absolute atomic E-state index is 12.4. The molecule has 5 heteroatoms. The molecular weight excluding hydrogens is 264 g/mol. The van der Waals surface area contributed by atoms with Crippen molar-refractivity contribution in [3.8, 4) is 11.3 Å². The van der Waals surface area contributed by atoms with Gasteiger partial charge in [-0.05, 0) is 18.6 Å². The highest BCUT2D eigenvalue weighted by Gasteiger charge is 2.15. The first-order chi connectivity index (χ1) is 10.3. The first-order valence-electron chi connectivity index (χ1n) is 6.56. The highest BCUT2D eigenvalue weighted by molar-refractivity contribution is 6.08. The highest BCUT2D eigenvalue weighted by atomic mass is 16.1. The number of pyridine rings is 1. The molecule has 0 atom stereocenters. The van der Waals surface area contributed by atoms with Gasteiger partial charge in [0.1, 0.15) is 0 Å². The average Bonchev–Trinajstić information content (AvgIpc) is 3.00. The summed E-state index contributed by atoms with van der Waals surface area (Å²) in [4.78, 5) is 16.4. The van der Waals surface area contributed by atoms with E-state index in [-0.39, 0.29) is 5.91 Å². The van der Waals surface area contributed by atoms with Crippen LogP contribution in [0.25, 0.3) is 11.3 Å². The van der Waals surface area contributed by atoms with Gasteiger partial charge in [-0.1, -0.05) is 30.3 Å². The molecule has 3 rings (SSSR count). The van der Waals surface area contributed by atoms with E-state index >= 15 is 0 Å². The van der Waals surface area contributed by atoms with Gasteiger partial charge in [-0.3, -0.25) is 14.9 Å². The van der Waals surface area contributed by atoms with E-state index in [2.05, 4.69) is 20.5 Å². The molecular formula is C16H14N4O. The number of benzene rings is 1.